The number of rotatable bonds is 6. The van der Waals surface area contributed by atoms with Gasteiger partial charge in [0, 0.05) is 17.8 Å². The van der Waals surface area contributed by atoms with Crippen LogP contribution in [0.25, 0.3) is 5.69 Å². The topological polar surface area (TPSA) is 72.9 Å². The van der Waals surface area contributed by atoms with Crippen molar-refractivity contribution in [3.8, 4) is 5.69 Å². The molecular formula is C16H23Cl2FN4O. The molecule has 1 aromatic carbocycles. The molecule has 134 valence electrons. The molecular weight excluding hydrogens is 354 g/mol. The first-order valence-corrected chi connectivity index (χ1v) is 7.34. The van der Waals surface area contributed by atoms with Gasteiger partial charge in [0.15, 0.2) is 0 Å². The third-order valence-corrected chi connectivity index (χ3v) is 3.99. The summed E-state index contributed by atoms with van der Waals surface area (Å²) in [6, 6.07) is 5.88. The Hall–Kier alpha value is -1.63. The molecule has 2 rings (SSSR count). The van der Waals surface area contributed by atoms with Crippen LogP contribution < -0.4 is 11.1 Å². The average Bonchev–Trinajstić information content (AvgIpc) is 3.02. The van der Waals surface area contributed by atoms with E-state index in [-0.39, 0.29) is 36.5 Å². The summed E-state index contributed by atoms with van der Waals surface area (Å²) in [5.41, 5.74) is 6.84. The first-order chi connectivity index (χ1) is 10.5. The van der Waals surface area contributed by atoms with E-state index >= 15 is 0 Å². The molecule has 5 nitrogen and oxygen atoms in total. The molecule has 0 saturated heterocycles. The molecule has 0 atom stereocenters. The molecule has 0 unspecified atom stereocenters. The lowest BCUT2D eigenvalue weighted by Gasteiger charge is -2.26. The van der Waals surface area contributed by atoms with Crippen LogP contribution in [0.5, 0.6) is 0 Å². The van der Waals surface area contributed by atoms with Gasteiger partial charge in [0.05, 0.1) is 12.5 Å². The Balaban J connectivity index is 0.00000264. The Kier molecular flexibility index (Phi) is 8.96. The molecule has 1 aromatic heterocycles. The molecule has 0 aliphatic carbocycles. The van der Waals surface area contributed by atoms with Gasteiger partial charge in [-0.2, -0.15) is 0 Å². The van der Waals surface area contributed by atoms with Gasteiger partial charge in [0.2, 0.25) is 0 Å². The van der Waals surface area contributed by atoms with Crippen molar-refractivity contribution in [3.63, 3.8) is 0 Å². The number of amides is 1. The SMILES string of the molecule is CCC(N)(CC)CNC(=O)c1cncn1-c1ccc(F)cc1.Cl.Cl. The summed E-state index contributed by atoms with van der Waals surface area (Å²) in [6.45, 7) is 4.39. The van der Waals surface area contributed by atoms with Crippen molar-refractivity contribution in [3.05, 3.63) is 48.3 Å². The van der Waals surface area contributed by atoms with Crippen LogP contribution in [0.15, 0.2) is 36.8 Å². The Morgan fingerprint density at radius 2 is 1.83 bits per heavy atom. The van der Waals surface area contributed by atoms with Crippen molar-refractivity contribution in [2.24, 2.45) is 5.73 Å². The van der Waals surface area contributed by atoms with Gasteiger partial charge in [-0.15, -0.1) is 24.8 Å². The molecule has 1 heterocycles. The van der Waals surface area contributed by atoms with E-state index in [0.717, 1.165) is 12.8 Å². The second kappa shape index (κ2) is 9.61. The Morgan fingerprint density at radius 3 is 2.38 bits per heavy atom. The van der Waals surface area contributed by atoms with Gasteiger partial charge in [-0.05, 0) is 37.1 Å². The van der Waals surface area contributed by atoms with Crippen LogP contribution in [0.4, 0.5) is 4.39 Å². The van der Waals surface area contributed by atoms with Gasteiger partial charge >= 0.3 is 0 Å². The highest BCUT2D eigenvalue weighted by atomic mass is 35.5. The minimum Gasteiger partial charge on any atom is -0.349 e. The third kappa shape index (κ3) is 5.19. The zero-order valence-corrected chi connectivity index (χ0v) is 15.3. The maximum Gasteiger partial charge on any atom is 0.269 e. The van der Waals surface area contributed by atoms with E-state index in [2.05, 4.69) is 10.3 Å². The highest BCUT2D eigenvalue weighted by Crippen LogP contribution is 2.13. The Labute approximate surface area is 153 Å². The maximum absolute atomic E-state index is 13.0. The van der Waals surface area contributed by atoms with E-state index < -0.39 is 5.54 Å². The van der Waals surface area contributed by atoms with Crippen LogP contribution >= 0.6 is 24.8 Å². The molecule has 24 heavy (non-hydrogen) atoms. The Morgan fingerprint density at radius 1 is 1.25 bits per heavy atom. The number of hydrogen-bond acceptors (Lipinski definition) is 3. The van der Waals surface area contributed by atoms with E-state index in [1.165, 1.54) is 24.7 Å². The van der Waals surface area contributed by atoms with Gasteiger partial charge in [0.1, 0.15) is 11.5 Å². The summed E-state index contributed by atoms with van der Waals surface area (Å²) in [5.74, 6) is -0.577. The smallest absolute Gasteiger partial charge is 0.269 e. The van der Waals surface area contributed by atoms with Crippen molar-refractivity contribution in [1.29, 1.82) is 0 Å². The molecule has 0 saturated carbocycles. The molecule has 2 aromatic rings. The quantitative estimate of drug-likeness (QED) is 0.813. The van der Waals surface area contributed by atoms with Crippen molar-refractivity contribution < 1.29 is 9.18 Å². The summed E-state index contributed by atoms with van der Waals surface area (Å²) in [4.78, 5) is 16.3. The molecule has 3 N–H and O–H groups in total. The lowest BCUT2D eigenvalue weighted by atomic mass is 9.94. The van der Waals surface area contributed by atoms with Crippen molar-refractivity contribution in [2.45, 2.75) is 32.2 Å². The van der Waals surface area contributed by atoms with Crippen LogP contribution in [0.1, 0.15) is 37.2 Å². The molecule has 0 bridgehead atoms. The molecule has 1 amide bonds. The van der Waals surface area contributed by atoms with E-state index in [4.69, 9.17) is 5.73 Å². The van der Waals surface area contributed by atoms with Gasteiger partial charge in [-0.25, -0.2) is 9.37 Å². The number of nitrogens with one attached hydrogen (secondary N) is 1. The van der Waals surface area contributed by atoms with E-state index in [1.54, 1.807) is 16.7 Å². The van der Waals surface area contributed by atoms with Gasteiger partial charge in [-0.3, -0.25) is 9.36 Å². The van der Waals surface area contributed by atoms with Gasteiger partial charge in [-0.1, -0.05) is 13.8 Å². The van der Waals surface area contributed by atoms with Crippen LogP contribution in [0, 0.1) is 5.82 Å². The van der Waals surface area contributed by atoms with Crippen LogP contribution in [-0.4, -0.2) is 27.5 Å². The largest absolute Gasteiger partial charge is 0.349 e. The normalized spacial score (nSPS) is 10.5. The number of imidazole rings is 1. The van der Waals surface area contributed by atoms with Crippen molar-refractivity contribution in [2.75, 3.05) is 6.54 Å². The second-order valence-corrected chi connectivity index (χ2v) is 5.38. The summed E-state index contributed by atoms with van der Waals surface area (Å²) in [5, 5.41) is 2.85. The number of hydrogen-bond donors (Lipinski definition) is 2. The lowest BCUT2D eigenvalue weighted by molar-refractivity contribution is 0.0935. The molecule has 0 spiro atoms. The number of aromatic nitrogens is 2. The summed E-state index contributed by atoms with van der Waals surface area (Å²) < 4.78 is 14.6. The lowest BCUT2D eigenvalue weighted by Crippen LogP contribution is -2.49. The van der Waals surface area contributed by atoms with Crippen LogP contribution in [0.3, 0.4) is 0 Å². The third-order valence-electron chi connectivity index (χ3n) is 3.99. The van der Waals surface area contributed by atoms with Crippen molar-refractivity contribution >= 4 is 30.7 Å². The highest BCUT2D eigenvalue weighted by molar-refractivity contribution is 5.93. The molecule has 0 fully saturated rings. The average molecular weight is 377 g/mol. The fourth-order valence-electron chi connectivity index (χ4n) is 2.12. The van der Waals surface area contributed by atoms with Gasteiger partial charge in [0.25, 0.3) is 5.91 Å². The number of halogens is 3. The van der Waals surface area contributed by atoms with Gasteiger partial charge < -0.3 is 11.1 Å². The molecule has 0 aliphatic heterocycles. The number of carbonyl (C=O) groups is 1. The predicted octanol–water partition coefficient (Wildman–Crippen LogP) is 3.10. The number of carbonyl (C=O) groups excluding carboxylic acids is 1. The second-order valence-electron chi connectivity index (χ2n) is 5.38. The van der Waals surface area contributed by atoms with E-state index in [0.29, 0.717) is 17.9 Å². The summed E-state index contributed by atoms with van der Waals surface area (Å²) in [7, 11) is 0. The van der Waals surface area contributed by atoms with E-state index in [9.17, 15) is 9.18 Å². The zero-order valence-electron chi connectivity index (χ0n) is 13.7. The number of nitrogens with two attached hydrogens (primary N) is 1. The molecule has 0 aliphatic rings. The summed E-state index contributed by atoms with van der Waals surface area (Å²) in [6.07, 6.45) is 4.56. The monoisotopic (exact) mass is 376 g/mol. The van der Waals surface area contributed by atoms with Crippen LogP contribution in [0.2, 0.25) is 0 Å². The number of nitrogens with zero attached hydrogens (tertiary/aromatic N) is 2. The summed E-state index contributed by atoms with van der Waals surface area (Å²) >= 11 is 0. The standard InChI is InChI=1S/C16H21FN4O.2ClH/c1-3-16(18,4-2)10-20-15(22)14-9-19-11-21(14)13-7-5-12(17)6-8-13;;/h5-9,11H,3-4,10,18H2,1-2H3,(H,20,22);2*1H. The van der Waals surface area contributed by atoms with E-state index in [1.807, 2.05) is 13.8 Å². The zero-order chi connectivity index (χ0) is 16.2. The van der Waals surface area contributed by atoms with Crippen molar-refractivity contribution in [1.82, 2.24) is 14.9 Å². The predicted molar refractivity (Wildman–Crippen MR) is 97.9 cm³/mol. The fraction of sp³-hybridized carbons (Fsp3) is 0.375. The highest BCUT2D eigenvalue weighted by Gasteiger charge is 2.22. The fourth-order valence-corrected chi connectivity index (χ4v) is 2.12. The molecule has 0 radical (unpaired) electrons. The first kappa shape index (κ1) is 22.4. The molecule has 8 heteroatoms. The first-order valence-electron chi connectivity index (χ1n) is 7.34. The minimum absolute atomic E-state index is 0. The minimum atomic E-state index is -0.406. The number of benzene rings is 1. The van der Waals surface area contributed by atoms with Crippen LogP contribution in [-0.2, 0) is 0 Å². The maximum atomic E-state index is 13.0. The Bertz CT molecular complexity index is 642.